The summed E-state index contributed by atoms with van der Waals surface area (Å²) in [6.07, 6.45) is -0.421. The first-order chi connectivity index (χ1) is 6.63. The Morgan fingerprint density at radius 3 is 2.86 bits per heavy atom. The van der Waals surface area contributed by atoms with Crippen LogP contribution in [0.3, 0.4) is 0 Å². The van der Waals surface area contributed by atoms with Crippen molar-refractivity contribution in [2.24, 2.45) is 5.73 Å². The van der Waals surface area contributed by atoms with Gasteiger partial charge in [0.25, 0.3) is 0 Å². The highest BCUT2D eigenvalue weighted by molar-refractivity contribution is 7.91. The van der Waals surface area contributed by atoms with Gasteiger partial charge < -0.3 is 10.5 Å². The predicted molar refractivity (Wildman–Crippen MR) is 52.0 cm³/mol. The summed E-state index contributed by atoms with van der Waals surface area (Å²) in [5.74, 6) is 0.384. The van der Waals surface area contributed by atoms with Gasteiger partial charge in [0, 0.05) is 6.54 Å². The molecule has 1 atom stereocenters. The third kappa shape index (κ3) is 1.49. The van der Waals surface area contributed by atoms with Gasteiger partial charge >= 0.3 is 0 Å². The third-order valence-corrected chi connectivity index (χ3v) is 3.96. The fourth-order valence-electron chi connectivity index (χ4n) is 1.47. The number of rotatable bonds is 1. The minimum absolute atomic E-state index is 0.0273. The molecular weight excluding hydrogens is 202 g/mol. The molecule has 1 aromatic rings. The van der Waals surface area contributed by atoms with E-state index in [1.807, 2.05) is 0 Å². The second-order valence-electron chi connectivity index (χ2n) is 3.20. The van der Waals surface area contributed by atoms with E-state index in [1.54, 1.807) is 24.3 Å². The fraction of sp³-hybridized carbons (Fsp3) is 0.333. The van der Waals surface area contributed by atoms with Gasteiger partial charge in [0.05, 0.1) is 5.75 Å². The van der Waals surface area contributed by atoms with E-state index in [4.69, 9.17) is 10.5 Å². The molecule has 1 aliphatic rings. The van der Waals surface area contributed by atoms with E-state index in [-0.39, 0.29) is 17.2 Å². The van der Waals surface area contributed by atoms with Gasteiger partial charge in [0.1, 0.15) is 16.7 Å². The minimum Gasteiger partial charge on any atom is -0.487 e. The Morgan fingerprint density at radius 1 is 1.43 bits per heavy atom. The highest BCUT2D eigenvalue weighted by Gasteiger charge is 2.30. The van der Waals surface area contributed by atoms with E-state index >= 15 is 0 Å². The van der Waals surface area contributed by atoms with Crippen LogP contribution in [0.15, 0.2) is 29.2 Å². The van der Waals surface area contributed by atoms with Crippen LogP contribution in [0, 0.1) is 0 Å². The Balaban J connectivity index is 2.53. The van der Waals surface area contributed by atoms with Crippen LogP contribution in [0.5, 0.6) is 5.75 Å². The lowest BCUT2D eigenvalue weighted by atomic mass is 10.3. The first kappa shape index (κ1) is 9.48. The number of hydrogen-bond acceptors (Lipinski definition) is 4. The molecule has 2 rings (SSSR count). The Kier molecular flexibility index (Phi) is 2.20. The van der Waals surface area contributed by atoms with Crippen molar-refractivity contribution >= 4 is 9.84 Å². The number of hydrogen-bond donors (Lipinski definition) is 1. The number of ether oxygens (including phenoxy) is 1. The SMILES string of the molecule is NC[C@H]1CS(=O)(=O)c2ccccc2O1. The maximum absolute atomic E-state index is 11.7. The zero-order valence-electron chi connectivity index (χ0n) is 7.51. The molecule has 4 nitrogen and oxygen atoms in total. The van der Waals surface area contributed by atoms with Crippen molar-refractivity contribution in [3.63, 3.8) is 0 Å². The smallest absolute Gasteiger partial charge is 0.185 e. The topological polar surface area (TPSA) is 69.4 Å². The van der Waals surface area contributed by atoms with Crippen molar-refractivity contribution in [2.75, 3.05) is 12.3 Å². The average Bonchev–Trinajstić information content (AvgIpc) is 2.17. The first-order valence-corrected chi connectivity index (χ1v) is 5.97. The lowest BCUT2D eigenvalue weighted by molar-refractivity contribution is 0.218. The van der Waals surface area contributed by atoms with Crippen LogP contribution in [0.2, 0.25) is 0 Å². The van der Waals surface area contributed by atoms with Gasteiger partial charge in [0.15, 0.2) is 9.84 Å². The Hall–Kier alpha value is -1.07. The molecule has 0 saturated heterocycles. The quantitative estimate of drug-likeness (QED) is 0.722. The summed E-state index contributed by atoms with van der Waals surface area (Å²) in [6, 6.07) is 6.63. The molecule has 1 aliphatic heterocycles. The molecule has 0 amide bonds. The van der Waals surface area contributed by atoms with Gasteiger partial charge in [-0.2, -0.15) is 0 Å². The van der Waals surface area contributed by atoms with Crippen LogP contribution in [0.4, 0.5) is 0 Å². The zero-order valence-corrected chi connectivity index (χ0v) is 8.33. The molecule has 1 aromatic carbocycles. The van der Waals surface area contributed by atoms with Crippen LogP contribution in [0.1, 0.15) is 0 Å². The summed E-state index contributed by atoms with van der Waals surface area (Å²) in [7, 11) is -3.21. The van der Waals surface area contributed by atoms with Gasteiger partial charge in [-0.1, -0.05) is 12.1 Å². The molecule has 5 heteroatoms. The van der Waals surface area contributed by atoms with Crippen molar-refractivity contribution in [3.8, 4) is 5.75 Å². The second kappa shape index (κ2) is 3.25. The summed E-state index contributed by atoms with van der Waals surface area (Å²) < 4.78 is 28.8. The maximum Gasteiger partial charge on any atom is 0.185 e. The Bertz CT molecular complexity index is 441. The highest BCUT2D eigenvalue weighted by atomic mass is 32.2. The molecule has 2 N–H and O–H groups in total. The van der Waals surface area contributed by atoms with E-state index in [1.165, 1.54) is 0 Å². The van der Waals surface area contributed by atoms with E-state index in [0.29, 0.717) is 5.75 Å². The van der Waals surface area contributed by atoms with E-state index in [0.717, 1.165) is 0 Å². The lowest BCUT2D eigenvalue weighted by Gasteiger charge is -2.24. The molecule has 0 aliphatic carbocycles. The number of sulfone groups is 1. The van der Waals surface area contributed by atoms with Crippen molar-refractivity contribution in [3.05, 3.63) is 24.3 Å². The van der Waals surface area contributed by atoms with E-state index < -0.39 is 15.9 Å². The first-order valence-electron chi connectivity index (χ1n) is 4.32. The fourth-order valence-corrected chi connectivity index (χ4v) is 3.05. The molecule has 0 fully saturated rings. The van der Waals surface area contributed by atoms with Crippen LogP contribution in [0.25, 0.3) is 0 Å². The molecule has 76 valence electrons. The van der Waals surface area contributed by atoms with Crippen molar-refractivity contribution < 1.29 is 13.2 Å². The number of para-hydroxylation sites is 1. The number of fused-ring (bicyclic) bond motifs is 1. The number of nitrogens with two attached hydrogens (primary N) is 1. The molecule has 0 radical (unpaired) electrons. The van der Waals surface area contributed by atoms with Crippen LogP contribution < -0.4 is 10.5 Å². The standard InChI is InChI=1S/C9H11NO3S/c10-5-7-6-14(11,12)9-4-2-1-3-8(9)13-7/h1-4,7H,5-6,10H2/t7-/m0/s1. The summed E-state index contributed by atoms with van der Waals surface area (Å²) in [6.45, 7) is 0.216. The monoisotopic (exact) mass is 213 g/mol. The normalized spacial score (nSPS) is 23.6. The lowest BCUT2D eigenvalue weighted by Crippen LogP contribution is -2.37. The molecule has 1 heterocycles. The van der Waals surface area contributed by atoms with Crippen molar-refractivity contribution in [2.45, 2.75) is 11.0 Å². The highest BCUT2D eigenvalue weighted by Crippen LogP contribution is 2.29. The van der Waals surface area contributed by atoms with E-state index in [2.05, 4.69) is 0 Å². The van der Waals surface area contributed by atoms with Crippen molar-refractivity contribution in [1.82, 2.24) is 0 Å². The van der Waals surface area contributed by atoms with Gasteiger partial charge in [-0.05, 0) is 12.1 Å². The summed E-state index contributed by atoms with van der Waals surface area (Å²) in [5.41, 5.74) is 5.39. The summed E-state index contributed by atoms with van der Waals surface area (Å²) in [5, 5.41) is 0. The number of benzene rings is 1. The molecule has 0 aromatic heterocycles. The average molecular weight is 213 g/mol. The van der Waals surface area contributed by atoms with Crippen LogP contribution >= 0.6 is 0 Å². The molecular formula is C9H11NO3S. The zero-order chi connectivity index (χ0) is 10.2. The largest absolute Gasteiger partial charge is 0.487 e. The molecule has 0 bridgehead atoms. The van der Waals surface area contributed by atoms with E-state index in [9.17, 15) is 8.42 Å². The Labute approximate surface area is 82.6 Å². The summed E-state index contributed by atoms with van der Waals surface area (Å²) in [4.78, 5) is 0.268. The molecule has 0 unspecified atom stereocenters. The predicted octanol–water partition coefficient (Wildman–Crippen LogP) is 0.180. The van der Waals surface area contributed by atoms with Crippen molar-refractivity contribution in [1.29, 1.82) is 0 Å². The molecule has 0 spiro atoms. The second-order valence-corrected chi connectivity index (χ2v) is 5.21. The maximum atomic E-state index is 11.7. The van der Waals surface area contributed by atoms with Gasteiger partial charge in [0.2, 0.25) is 0 Å². The Morgan fingerprint density at radius 2 is 2.14 bits per heavy atom. The van der Waals surface area contributed by atoms with Crippen LogP contribution in [-0.2, 0) is 9.84 Å². The van der Waals surface area contributed by atoms with Gasteiger partial charge in [-0.3, -0.25) is 0 Å². The van der Waals surface area contributed by atoms with Gasteiger partial charge in [-0.15, -0.1) is 0 Å². The summed E-state index contributed by atoms with van der Waals surface area (Å²) >= 11 is 0. The van der Waals surface area contributed by atoms with Gasteiger partial charge in [-0.25, -0.2) is 8.42 Å². The molecule has 14 heavy (non-hydrogen) atoms. The van der Waals surface area contributed by atoms with Crippen LogP contribution in [-0.4, -0.2) is 26.8 Å². The third-order valence-electron chi connectivity index (χ3n) is 2.15. The molecule has 0 saturated carbocycles. The minimum atomic E-state index is -3.21.